The maximum atomic E-state index is 2.99. The van der Waals surface area contributed by atoms with E-state index in [2.05, 4.69) is 17.2 Å². The van der Waals surface area contributed by atoms with E-state index in [1.54, 1.807) is 0 Å². The van der Waals surface area contributed by atoms with E-state index >= 15 is 0 Å². The molecule has 1 aromatic carbocycles. The summed E-state index contributed by atoms with van der Waals surface area (Å²) < 4.78 is 0. The molecule has 0 saturated heterocycles. The van der Waals surface area contributed by atoms with Crippen molar-refractivity contribution in [3.8, 4) is 0 Å². The fourth-order valence-corrected chi connectivity index (χ4v) is 0.928. The average molecular weight is 293 g/mol. The predicted octanol–water partition coefficient (Wildman–Crippen LogP) is -3.58. The molecular weight excluding hydrogens is 284 g/mol. The van der Waals surface area contributed by atoms with Crippen molar-refractivity contribution in [1.82, 2.24) is 4.98 Å². The molecule has 0 atom stereocenters. The number of hydrogen-bond donors (Lipinski definition) is 1. The van der Waals surface area contributed by atoms with Gasteiger partial charge in [0.1, 0.15) is 0 Å². The van der Waals surface area contributed by atoms with Crippen LogP contribution in [-0.4, -0.2) is 4.98 Å². The molecule has 1 N–H and O–H groups in total. The minimum absolute atomic E-state index is 0. The van der Waals surface area contributed by atoms with E-state index in [-0.39, 0.29) is 58.4 Å². The second-order valence-electron chi connectivity index (χ2n) is 2.00. The topological polar surface area (TPSA) is 15.8 Å². The largest absolute Gasteiger partial charge is 4.00 e. The molecule has 68 valence electrons. The van der Waals surface area contributed by atoms with E-state index in [0.717, 1.165) is 5.52 Å². The number of nitrogens with one attached hydrogen (secondary N) is 1. The number of hydrogen-bond acceptors (Lipinski definition) is 0. The molecule has 2 rings (SSSR count). The number of aromatic nitrogens is 1. The third kappa shape index (κ3) is 4.31. The van der Waals surface area contributed by atoms with Crippen molar-refractivity contribution in [2.45, 2.75) is 0 Å². The van der Waals surface area contributed by atoms with Crippen molar-refractivity contribution in [2.24, 2.45) is 0 Å². The molecule has 0 bridgehead atoms. The van der Waals surface area contributed by atoms with Crippen LogP contribution >= 0.6 is 0 Å². The third-order valence-electron chi connectivity index (χ3n) is 1.40. The zero-order valence-corrected chi connectivity index (χ0v) is 11.1. The van der Waals surface area contributed by atoms with Crippen LogP contribution in [0.15, 0.2) is 30.3 Å². The first-order chi connectivity index (χ1) is 4.47. The first kappa shape index (κ1) is 18.9. The standard InChI is InChI=1S/C8H6N.CH3.2ClH.Zr/c1-2-4-8-7(3-1)5-6-9-8;;;;/h1-5,9H;1H3;2*1H;/q2*-1;;;+4/p-2. The maximum absolute atomic E-state index is 2.99. The Balaban J connectivity index is -0.000000250. The molecule has 0 spiro atoms. The van der Waals surface area contributed by atoms with Gasteiger partial charge in [-0.05, 0) is 0 Å². The van der Waals surface area contributed by atoms with Gasteiger partial charge in [0.15, 0.2) is 0 Å². The van der Waals surface area contributed by atoms with Crippen LogP contribution in [-0.2, 0) is 26.2 Å². The van der Waals surface area contributed by atoms with Crippen LogP contribution in [0, 0.1) is 13.6 Å². The molecule has 4 heteroatoms. The van der Waals surface area contributed by atoms with Crippen molar-refractivity contribution in [1.29, 1.82) is 0 Å². The van der Waals surface area contributed by atoms with Gasteiger partial charge in [-0.2, -0.15) is 11.5 Å². The smallest absolute Gasteiger partial charge is 1.00 e. The number of aromatic amines is 1. The number of H-pyrrole nitrogens is 1. The van der Waals surface area contributed by atoms with Gasteiger partial charge in [0.2, 0.25) is 0 Å². The van der Waals surface area contributed by atoms with Crippen molar-refractivity contribution in [2.75, 3.05) is 0 Å². The monoisotopic (exact) mass is 291 g/mol. The Morgan fingerprint density at radius 3 is 2.31 bits per heavy atom. The van der Waals surface area contributed by atoms with Crippen molar-refractivity contribution < 1.29 is 51.0 Å². The molecule has 2 aromatic rings. The van der Waals surface area contributed by atoms with Crippen LogP contribution < -0.4 is 24.8 Å². The summed E-state index contributed by atoms with van der Waals surface area (Å²) in [4.78, 5) is 2.99. The van der Waals surface area contributed by atoms with Crippen molar-refractivity contribution >= 4 is 10.9 Å². The minimum atomic E-state index is 0. The fraction of sp³-hybridized carbons (Fsp3) is 0. The van der Waals surface area contributed by atoms with E-state index in [4.69, 9.17) is 0 Å². The molecule has 1 heterocycles. The Labute approximate surface area is 110 Å². The Kier molecular flexibility index (Phi) is 12.8. The fourth-order valence-electron chi connectivity index (χ4n) is 0.928. The first-order valence-corrected chi connectivity index (χ1v) is 2.90. The van der Waals surface area contributed by atoms with Crippen LogP contribution in [0.1, 0.15) is 0 Å². The predicted molar refractivity (Wildman–Crippen MR) is 43.5 cm³/mol. The number of rotatable bonds is 0. The Morgan fingerprint density at radius 2 is 1.69 bits per heavy atom. The van der Waals surface area contributed by atoms with E-state index < -0.39 is 0 Å². The summed E-state index contributed by atoms with van der Waals surface area (Å²) >= 11 is 0. The van der Waals surface area contributed by atoms with Gasteiger partial charge in [-0.3, -0.25) is 0 Å². The zero-order valence-electron chi connectivity index (χ0n) is 7.14. The second kappa shape index (κ2) is 8.81. The number of halogens is 2. The molecule has 0 aliphatic rings. The molecule has 0 fully saturated rings. The maximum Gasteiger partial charge on any atom is 4.00 e. The third-order valence-corrected chi connectivity index (χ3v) is 1.40. The van der Waals surface area contributed by atoms with Crippen molar-refractivity contribution in [3.05, 3.63) is 44.0 Å². The summed E-state index contributed by atoms with van der Waals surface area (Å²) in [5, 5.41) is 1.22. The molecular formula is C9H9Cl2NZr. The Bertz CT molecular complexity index is 292. The Morgan fingerprint density at radius 1 is 1.08 bits per heavy atom. The van der Waals surface area contributed by atoms with Crippen LogP contribution in [0.4, 0.5) is 0 Å². The van der Waals surface area contributed by atoms with Gasteiger partial charge in [-0.25, -0.2) is 0 Å². The molecule has 0 radical (unpaired) electrons. The van der Waals surface area contributed by atoms with Gasteiger partial charge in [-0.1, -0.05) is 12.1 Å². The molecule has 0 saturated carbocycles. The van der Waals surface area contributed by atoms with Gasteiger partial charge in [0, 0.05) is 0 Å². The van der Waals surface area contributed by atoms with Crippen LogP contribution in [0.25, 0.3) is 10.9 Å². The van der Waals surface area contributed by atoms with E-state index in [0.29, 0.717) is 0 Å². The summed E-state index contributed by atoms with van der Waals surface area (Å²) in [6.45, 7) is 0. The first-order valence-electron chi connectivity index (χ1n) is 2.90. The van der Waals surface area contributed by atoms with Crippen LogP contribution in [0.3, 0.4) is 0 Å². The van der Waals surface area contributed by atoms with E-state index in [1.807, 2.05) is 24.3 Å². The van der Waals surface area contributed by atoms with Crippen LogP contribution in [0.5, 0.6) is 0 Å². The van der Waals surface area contributed by atoms with Crippen LogP contribution in [0.2, 0.25) is 0 Å². The molecule has 1 aromatic heterocycles. The normalized spacial score (nSPS) is 7.08. The minimum Gasteiger partial charge on any atom is -1.00 e. The summed E-state index contributed by atoms with van der Waals surface area (Å²) in [7, 11) is 0. The van der Waals surface area contributed by atoms with E-state index in [1.165, 1.54) is 5.39 Å². The van der Waals surface area contributed by atoms with Gasteiger partial charge in [0.05, 0.1) is 0 Å². The molecule has 1 nitrogen and oxygen atoms in total. The molecule has 13 heavy (non-hydrogen) atoms. The molecule has 0 amide bonds. The summed E-state index contributed by atoms with van der Waals surface area (Å²) in [6.07, 6.45) is 2.91. The van der Waals surface area contributed by atoms with Crippen molar-refractivity contribution in [3.63, 3.8) is 0 Å². The summed E-state index contributed by atoms with van der Waals surface area (Å²) in [6, 6.07) is 10.1. The molecule has 0 aliphatic carbocycles. The van der Waals surface area contributed by atoms with Gasteiger partial charge < -0.3 is 37.2 Å². The zero-order chi connectivity index (χ0) is 6.10. The Hall–Kier alpha value is 0.223. The van der Waals surface area contributed by atoms with Gasteiger partial charge in [-0.15, -0.1) is 23.8 Å². The number of benzene rings is 1. The summed E-state index contributed by atoms with van der Waals surface area (Å²) in [5.41, 5.74) is 1.15. The number of fused-ring (bicyclic) bond motifs is 1. The van der Waals surface area contributed by atoms with E-state index in [9.17, 15) is 0 Å². The van der Waals surface area contributed by atoms with Gasteiger partial charge >= 0.3 is 26.2 Å². The van der Waals surface area contributed by atoms with Gasteiger partial charge in [0.25, 0.3) is 0 Å². The second-order valence-corrected chi connectivity index (χ2v) is 2.00. The molecule has 0 unspecified atom stereocenters. The molecule has 0 aliphatic heterocycles. The average Bonchev–Trinajstić information content (AvgIpc) is 2.33. The quantitative estimate of drug-likeness (QED) is 0.484. The summed E-state index contributed by atoms with van der Waals surface area (Å²) in [5.74, 6) is 0. The number of para-hydroxylation sites is 1. The SMILES string of the molecule is [CH3-].[Cl-].[Cl-].[Zr+4].[c-]1cc2ccccc2[nH]1.